The molecule has 0 spiro atoms. The molecule has 14 rings (SSSR count). The van der Waals surface area contributed by atoms with E-state index >= 15 is 0 Å². The van der Waals surface area contributed by atoms with Crippen molar-refractivity contribution in [3.8, 4) is 11.4 Å². The van der Waals surface area contributed by atoms with Crippen LogP contribution in [0.4, 0.5) is 34.1 Å². The normalized spacial score (nSPS) is 16.9. The van der Waals surface area contributed by atoms with Gasteiger partial charge in [0.2, 0.25) is 0 Å². The Morgan fingerprint density at radius 1 is 0.569 bits per heavy atom. The van der Waals surface area contributed by atoms with Gasteiger partial charge in [-0.3, -0.25) is 9.13 Å². The van der Waals surface area contributed by atoms with E-state index in [2.05, 4.69) is 231 Å². The summed E-state index contributed by atoms with van der Waals surface area (Å²) in [6.45, 7) is 4.35. The number of hydrogen-bond acceptors (Lipinski definition) is 4. The van der Waals surface area contributed by atoms with Crippen LogP contribution in [-0.2, 0) is 12.8 Å². The first kappa shape index (κ1) is 38.0. The summed E-state index contributed by atoms with van der Waals surface area (Å²) in [5.41, 5.74) is 23.4. The average Bonchev–Trinajstić information content (AvgIpc) is 3.94. The van der Waals surface area contributed by atoms with Gasteiger partial charge in [0, 0.05) is 34.6 Å². The molecule has 8 aromatic rings. The molecule has 4 heterocycles. The fraction of sp³-hybridized carbons (Fsp3) is 0.103. The first-order chi connectivity index (χ1) is 32.1. The molecule has 7 heteroatoms. The van der Waals surface area contributed by atoms with Crippen LogP contribution in [0.5, 0.6) is 0 Å². The van der Waals surface area contributed by atoms with Crippen molar-refractivity contribution in [2.24, 2.45) is 5.92 Å². The Labute approximate surface area is 386 Å². The van der Waals surface area contributed by atoms with Crippen LogP contribution in [0, 0.1) is 5.92 Å². The summed E-state index contributed by atoms with van der Waals surface area (Å²) in [6, 6.07) is 47.6. The van der Waals surface area contributed by atoms with Gasteiger partial charge >= 0.3 is 0 Å². The zero-order valence-corrected chi connectivity index (χ0v) is 37.7. The topological polar surface area (TPSA) is 42.1 Å². The number of anilines is 6. The van der Waals surface area contributed by atoms with Crippen LogP contribution in [-0.4, -0.2) is 19.1 Å². The first-order valence-corrected chi connectivity index (χ1v) is 23.4. The Morgan fingerprint density at radius 3 is 1.82 bits per heavy atom. The lowest BCUT2D eigenvalue weighted by Crippen LogP contribution is -2.22. The number of aromatic nitrogens is 4. The Morgan fingerprint density at radius 2 is 1.18 bits per heavy atom. The predicted octanol–water partition coefficient (Wildman–Crippen LogP) is 15.1. The summed E-state index contributed by atoms with van der Waals surface area (Å²) in [5, 5.41) is 0. The maximum Gasteiger partial charge on any atom is 0.114 e. The van der Waals surface area contributed by atoms with Gasteiger partial charge in [0.1, 0.15) is 11.6 Å². The minimum absolute atomic E-state index is 0.352. The van der Waals surface area contributed by atoms with Gasteiger partial charge in [-0.25, -0.2) is 9.97 Å². The van der Waals surface area contributed by atoms with E-state index in [9.17, 15) is 0 Å². The van der Waals surface area contributed by atoms with Crippen LogP contribution in [0.25, 0.3) is 39.0 Å². The molecule has 1 unspecified atom stereocenters. The lowest BCUT2D eigenvalue weighted by Gasteiger charge is -2.38. The molecule has 0 bridgehead atoms. The van der Waals surface area contributed by atoms with Crippen LogP contribution >= 0.6 is 15.9 Å². The van der Waals surface area contributed by atoms with Crippen LogP contribution in [0.1, 0.15) is 37.5 Å². The summed E-state index contributed by atoms with van der Waals surface area (Å²) in [4.78, 5) is 14.7. The number of benzene rings is 6. The van der Waals surface area contributed by atoms with Gasteiger partial charge in [0.25, 0.3) is 0 Å². The second-order valence-electron chi connectivity index (χ2n) is 17.2. The van der Waals surface area contributed by atoms with Gasteiger partial charge in [-0.2, -0.15) is 0 Å². The Balaban J connectivity index is 0.000000145. The summed E-state index contributed by atoms with van der Waals surface area (Å²) in [5.74, 6) is 2.54. The minimum Gasteiger partial charge on any atom is -0.306 e. The molecule has 0 radical (unpaired) electrons. The number of para-hydroxylation sites is 4. The molecule has 312 valence electrons. The van der Waals surface area contributed by atoms with Gasteiger partial charge in [-0.15, -0.1) is 0 Å². The van der Waals surface area contributed by atoms with E-state index in [1.807, 2.05) is 0 Å². The van der Waals surface area contributed by atoms with Crippen LogP contribution < -0.4 is 9.80 Å². The van der Waals surface area contributed by atoms with Crippen molar-refractivity contribution < 1.29 is 0 Å². The molecule has 4 aliphatic carbocycles. The van der Waals surface area contributed by atoms with Crippen LogP contribution in [0.15, 0.2) is 214 Å². The number of rotatable bonds is 5. The zero-order chi connectivity index (χ0) is 43.3. The third kappa shape index (κ3) is 5.71. The molecule has 0 saturated carbocycles. The van der Waals surface area contributed by atoms with E-state index in [4.69, 9.17) is 9.97 Å². The highest BCUT2D eigenvalue weighted by Crippen LogP contribution is 2.53. The number of aryl methyl sites for hydroxylation is 2. The fourth-order valence-electron chi connectivity index (χ4n) is 10.9. The maximum atomic E-state index is 5.05. The number of allylic oxidation sites excluding steroid dienone is 14. The van der Waals surface area contributed by atoms with E-state index < -0.39 is 0 Å². The zero-order valence-electron chi connectivity index (χ0n) is 36.1. The summed E-state index contributed by atoms with van der Waals surface area (Å²) in [7, 11) is 0. The maximum absolute atomic E-state index is 5.05. The molecule has 0 amide bonds. The van der Waals surface area contributed by atoms with Gasteiger partial charge in [-0.1, -0.05) is 127 Å². The van der Waals surface area contributed by atoms with Gasteiger partial charge in [0.15, 0.2) is 0 Å². The lowest BCUT2D eigenvalue weighted by molar-refractivity contribution is 0.834. The third-order valence-electron chi connectivity index (χ3n) is 13.6. The number of fused-ring (bicyclic) bond motifs is 4. The molecule has 2 aliphatic heterocycles. The highest BCUT2D eigenvalue weighted by molar-refractivity contribution is 9.10. The summed E-state index contributed by atoms with van der Waals surface area (Å²) < 4.78 is 5.76. The molecule has 2 aromatic heterocycles. The molecule has 0 N–H and O–H groups in total. The van der Waals surface area contributed by atoms with Crippen molar-refractivity contribution in [1.82, 2.24) is 19.1 Å². The molecule has 65 heavy (non-hydrogen) atoms. The van der Waals surface area contributed by atoms with E-state index in [1.54, 1.807) is 0 Å². The molecule has 0 saturated heterocycles. The highest BCUT2D eigenvalue weighted by atomic mass is 79.9. The van der Waals surface area contributed by atoms with Crippen molar-refractivity contribution >= 4 is 77.7 Å². The molecule has 0 fully saturated rings. The van der Waals surface area contributed by atoms with Gasteiger partial charge < -0.3 is 9.80 Å². The number of nitrogens with zero attached hydrogens (tertiary/aromatic N) is 6. The molecule has 1 atom stereocenters. The second kappa shape index (κ2) is 14.8. The Kier molecular flexibility index (Phi) is 8.65. The summed E-state index contributed by atoms with van der Waals surface area (Å²) in [6.07, 6.45) is 21.3. The van der Waals surface area contributed by atoms with Crippen molar-refractivity contribution in [3.63, 3.8) is 0 Å². The fourth-order valence-corrected chi connectivity index (χ4v) is 11.3. The molecule has 6 nitrogen and oxygen atoms in total. The Hall–Kier alpha value is -7.48. The molecule has 6 aliphatic rings. The van der Waals surface area contributed by atoms with E-state index in [-0.39, 0.29) is 0 Å². The quantitative estimate of drug-likeness (QED) is 0.173. The summed E-state index contributed by atoms with van der Waals surface area (Å²) >= 11 is 3.64. The SMILES string of the molecule is CCc1nc2cccc3c2n1-c1ccc(Br)cc1N3c1ccccc1.CCc1nc2cccc3c2n1-c1ccc(C2=CC4=CC=CC5=CC=C6CC=CC2=C6C54)cc1N3c1ccccc1. The third-order valence-corrected chi connectivity index (χ3v) is 14.1. The molecule has 6 aromatic carbocycles. The predicted molar refractivity (Wildman–Crippen MR) is 271 cm³/mol. The van der Waals surface area contributed by atoms with Crippen LogP contribution in [0.2, 0.25) is 0 Å². The number of halogens is 1. The second-order valence-corrected chi connectivity index (χ2v) is 18.1. The highest BCUT2D eigenvalue weighted by Gasteiger charge is 2.36. The van der Waals surface area contributed by atoms with Gasteiger partial charge in [-0.05, 0) is 130 Å². The standard InChI is InChI=1S/C37H27N3.C21H16BrN3/c1-2-34-38-30-15-8-16-32-37(30)40(34)31-20-19-25(22-33(31)39(32)27-12-4-3-5-13-27)29-21-26-11-6-9-23-17-18-24-10-7-14-28(29)36(24)35(23)26;1-2-20-23-16-9-6-10-18-21(16)25(20)17-12-11-14(22)13-19(17)24(18)15-7-4-3-5-8-15/h3-9,11-22,35H,2,10H2,1H3;3-13H,2H2,1H3. The van der Waals surface area contributed by atoms with E-state index in [1.165, 1.54) is 78.5 Å². The van der Waals surface area contributed by atoms with E-state index in [0.29, 0.717) is 5.92 Å². The van der Waals surface area contributed by atoms with Crippen molar-refractivity contribution in [1.29, 1.82) is 0 Å². The van der Waals surface area contributed by atoms with Crippen molar-refractivity contribution in [2.75, 3.05) is 9.80 Å². The average molecular weight is 904 g/mol. The number of hydrogen-bond donors (Lipinski definition) is 0. The smallest absolute Gasteiger partial charge is 0.114 e. The number of imidazole rings is 2. The molecular formula is C58H43BrN6. The van der Waals surface area contributed by atoms with Crippen molar-refractivity contribution in [3.05, 3.63) is 232 Å². The minimum atomic E-state index is 0.352. The van der Waals surface area contributed by atoms with Gasteiger partial charge in [0.05, 0.1) is 56.2 Å². The largest absolute Gasteiger partial charge is 0.306 e. The first-order valence-electron chi connectivity index (χ1n) is 22.7. The Bertz CT molecular complexity index is 3560. The monoisotopic (exact) mass is 902 g/mol. The van der Waals surface area contributed by atoms with Crippen molar-refractivity contribution in [2.45, 2.75) is 33.1 Å². The van der Waals surface area contributed by atoms with Crippen LogP contribution in [0.3, 0.4) is 0 Å². The van der Waals surface area contributed by atoms with E-state index in [0.717, 1.165) is 63.5 Å². The molecular weight excluding hydrogens is 861 g/mol. The lowest BCUT2D eigenvalue weighted by atomic mass is 9.66.